The highest BCUT2D eigenvalue weighted by molar-refractivity contribution is 6.74. The molecule has 0 fully saturated rings. The molecule has 0 radical (unpaired) electrons. The molecule has 0 bridgehead atoms. The molecule has 5 N–H and O–H groups in total. The van der Waals surface area contributed by atoms with Gasteiger partial charge in [0.25, 0.3) is 0 Å². The number of nitrogens with one attached hydrogen (secondary N) is 5. The predicted molar refractivity (Wildman–Crippen MR) is 197 cm³/mol. The van der Waals surface area contributed by atoms with E-state index in [0.717, 1.165) is 17.5 Å². The van der Waals surface area contributed by atoms with Gasteiger partial charge < -0.3 is 35.9 Å². The first-order chi connectivity index (χ1) is 23.9. The number of rotatable bonds is 17. The van der Waals surface area contributed by atoms with E-state index < -0.39 is 50.1 Å². The van der Waals surface area contributed by atoms with Crippen molar-refractivity contribution in [3.8, 4) is 0 Å². The number of aromatic nitrogens is 1. The summed E-state index contributed by atoms with van der Waals surface area (Å²) in [5.41, 5.74) is 0.549. The topological polar surface area (TPSA) is 137 Å². The molecule has 0 aliphatic heterocycles. The predicted octanol–water partition coefficient (Wildman–Crippen LogP) is 4.69. The van der Waals surface area contributed by atoms with Crippen molar-refractivity contribution in [2.45, 2.75) is 69.7 Å². The van der Waals surface area contributed by atoms with Crippen molar-refractivity contribution >= 4 is 42.6 Å². The van der Waals surface area contributed by atoms with Gasteiger partial charge in [-0.3, -0.25) is 19.4 Å². The Morgan fingerprint density at radius 3 is 2.08 bits per heavy atom. The number of fused-ring (bicyclic) bond motifs is 1. The van der Waals surface area contributed by atoms with E-state index in [2.05, 4.69) is 31.6 Å². The molecule has 0 saturated heterocycles. The third-order valence-corrected chi connectivity index (χ3v) is 13.7. The zero-order valence-electron chi connectivity index (χ0n) is 30.7. The molecule has 51 heavy (non-hydrogen) atoms. The largest absolute Gasteiger partial charge is 0.416 e. The molecule has 0 unspecified atom stereocenters. The van der Waals surface area contributed by atoms with Gasteiger partial charge in [-0.25, -0.2) is 0 Å². The maximum absolute atomic E-state index is 14.3. The smallest absolute Gasteiger partial charge is 0.407 e. The lowest BCUT2D eigenvalue weighted by Crippen LogP contribution is -2.56. The van der Waals surface area contributed by atoms with E-state index in [-0.39, 0.29) is 22.9 Å². The van der Waals surface area contributed by atoms with Crippen LogP contribution in [0.2, 0.25) is 18.1 Å². The Labute approximate surface area is 299 Å². The van der Waals surface area contributed by atoms with Gasteiger partial charge in [0.15, 0.2) is 8.32 Å². The summed E-state index contributed by atoms with van der Waals surface area (Å²) >= 11 is 0. The Bertz CT molecular complexity index is 1610. The molecule has 0 spiro atoms. The van der Waals surface area contributed by atoms with Gasteiger partial charge in [-0.2, -0.15) is 13.2 Å². The molecular weight excluding hydrogens is 680 g/mol. The first-order valence-electron chi connectivity index (χ1n) is 17.0. The van der Waals surface area contributed by atoms with Crippen molar-refractivity contribution in [1.29, 1.82) is 0 Å². The van der Waals surface area contributed by atoms with Crippen LogP contribution in [0.1, 0.15) is 44.4 Å². The van der Waals surface area contributed by atoms with E-state index in [4.69, 9.17) is 4.43 Å². The number of likely N-dealkylation sites (N-methyl/N-ethyl adjacent to an activating group) is 3. The minimum absolute atomic E-state index is 0.199. The number of carbonyl (C=O) groups excluding carboxylic acids is 3. The average molecular weight is 732 g/mol. The molecule has 0 saturated carbocycles. The number of nitrogens with zero attached hydrogens (tertiary/aromatic N) is 2. The van der Waals surface area contributed by atoms with Crippen molar-refractivity contribution in [1.82, 2.24) is 31.2 Å². The van der Waals surface area contributed by atoms with E-state index in [0.29, 0.717) is 37.4 Å². The van der Waals surface area contributed by atoms with Gasteiger partial charge >= 0.3 is 6.18 Å². The molecule has 3 atom stereocenters. The quantitative estimate of drug-likeness (QED) is 0.126. The van der Waals surface area contributed by atoms with Crippen LogP contribution < -0.4 is 26.6 Å². The van der Waals surface area contributed by atoms with Crippen LogP contribution in [-0.4, -0.2) is 95.3 Å². The van der Waals surface area contributed by atoms with Crippen molar-refractivity contribution in [3.05, 3.63) is 71.9 Å². The summed E-state index contributed by atoms with van der Waals surface area (Å²) in [5, 5.41) is 15.1. The lowest BCUT2D eigenvalue weighted by molar-refractivity contribution is -0.137. The third-order valence-electron chi connectivity index (χ3n) is 9.21. The lowest BCUT2D eigenvalue weighted by Gasteiger charge is -2.41. The Kier molecular flexibility index (Phi) is 14.7. The molecular formula is C36H52F3N7O4Si. The summed E-state index contributed by atoms with van der Waals surface area (Å²) in [6.07, 6.45) is -4.31. The number of benzene rings is 2. The first kappa shape index (κ1) is 41.5. The molecule has 2 aromatic carbocycles. The summed E-state index contributed by atoms with van der Waals surface area (Å²) in [7, 11) is 2.36. The SMILES string of the molecule is CNCCN(CCNC)C(=O)C[C@H](NC)C(=O)N[C@H](C(=O)Nc1ccc2ncccc2c1)[C@H](O[Si](C)(C)C(C)(C)C)c1ccc(C(F)(F)F)cc1. The number of hydrogen-bond donors (Lipinski definition) is 5. The summed E-state index contributed by atoms with van der Waals surface area (Å²) in [5.74, 6) is -1.56. The number of alkyl halides is 3. The molecule has 0 aliphatic carbocycles. The van der Waals surface area contributed by atoms with E-state index in [1.807, 2.05) is 39.9 Å². The second-order valence-electron chi connectivity index (χ2n) is 13.9. The zero-order valence-corrected chi connectivity index (χ0v) is 31.7. The van der Waals surface area contributed by atoms with Gasteiger partial charge in [-0.1, -0.05) is 39.0 Å². The second kappa shape index (κ2) is 18.0. The number of anilines is 1. The number of carbonyl (C=O) groups is 3. The van der Waals surface area contributed by atoms with Gasteiger partial charge in [0.1, 0.15) is 6.04 Å². The molecule has 3 rings (SSSR count). The van der Waals surface area contributed by atoms with Crippen LogP contribution in [0.25, 0.3) is 10.9 Å². The molecule has 280 valence electrons. The van der Waals surface area contributed by atoms with Gasteiger partial charge in [0, 0.05) is 43.4 Å². The van der Waals surface area contributed by atoms with Crippen LogP contribution in [0.15, 0.2) is 60.8 Å². The standard InChI is InChI=1S/C36H52F3N7O4Si/c1-35(2,3)51(7,8)50-32(24-11-13-26(14-12-24)36(37,38)39)31(34(49)44-27-15-16-28-25(22-27)10-9-17-43-28)45-33(48)29(42-6)23-30(47)46(20-18-40-4)21-19-41-5/h9-17,22,29,31-32,40-42H,18-21,23H2,1-8H3,(H,44,49)(H,45,48)/t29-,31-,32+/m0/s1. The first-order valence-corrected chi connectivity index (χ1v) is 19.9. The Morgan fingerprint density at radius 2 is 1.53 bits per heavy atom. The number of pyridine rings is 1. The molecule has 0 aliphatic rings. The third kappa shape index (κ3) is 11.6. The summed E-state index contributed by atoms with van der Waals surface area (Å²) < 4.78 is 47.6. The molecule has 11 nitrogen and oxygen atoms in total. The number of hydrogen-bond acceptors (Lipinski definition) is 8. The minimum atomic E-state index is -4.58. The Hall–Kier alpha value is -3.89. The van der Waals surface area contributed by atoms with Crippen LogP contribution >= 0.6 is 0 Å². The summed E-state index contributed by atoms with van der Waals surface area (Å²) in [4.78, 5) is 47.8. The summed E-state index contributed by atoms with van der Waals surface area (Å²) in [6.45, 7) is 11.9. The van der Waals surface area contributed by atoms with Crippen LogP contribution in [0.3, 0.4) is 0 Å². The zero-order chi connectivity index (χ0) is 38.0. The summed E-state index contributed by atoms with van der Waals surface area (Å²) in [6, 6.07) is 10.7. The van der Waals surface area contributed by atoms with E-state index in [9.17, 15) is 27.6 Å². The average Bonchev–Trinajstić information content (AvgIpc) is 3.07. The molecule has 3 aromatic rings. The number of amides is 3. The maximum Gasteiger partial charge on any atom is 0.416 e. The fourth-order valence-electron chi connectivity index (χ4n) is 5.07. The van der Waals surface area contributed by atoms with E-state index in [1.165, 1.54) is 12.1 Å². The Balaban J connectivity index is 2.07. The monoisotopic (exact) mass is 731 g/mol. The highest BCUT2D eigenvalue weighted by Crippen LogP contribution is 2.41. The highest BCUT2D eigenvalue weighted by Gasteiger charge is 2.44. The fraction of sp³-hybridized carbons (Fsp3) is 0.500. The van der Waals surface area contributed by atoms with Crippen LogP contribution in [0.5, 0.6) is 0 Å². The molecule has 1 heterocycles. The number of halogens is 3. The fourth-order valence-corrected chi connectivity index (χ4v) is 6.34. The van der Waals surface area contributed by atoms with E-state index >= 15 is 0 Å². The van der Waals surface area contributed by atoms with Crippen molar-refractivity contribution < 1.29 is 32.0 Å². The van der Waals surface area contributed by atoms with Crippen molar-refractivity contribution in [2.24, 2.45) is 0 Å². The van der Waals surface area contributed by atoms with Gasteiger partial charge in [-0.05, 0) is 81.2 Å². The van der Waals surface area contributed by atoms with Crippen molar-refractivity contribution in [3.63, 3.8) is 0 Å². The molecule has 3 amide bonds. The van der Waals surface area contributed by atoms with Gasteiger partial charge in [-0.15, -0.1) is 0 Å². The Morgan fingerprint density at radius 1 is 0.902 bits per heavy atom. The second-order valence-corrected chi connectivity index (χ2v) is 18.7. The van der Waals surface area contributed by atoms with Crippen LogP contribution in [0, 0.1) is 0 Å². The van der Waals surface area contributed by atoms with Crippen LogP contribution in [0.4, 0.5) is 18.9 Å². The molecule has 15 heteroatoms. The van der Waals surface area contributed by atoms with Crippen molar-refractivity contribution in [2.75, 3.05) is 52.6 Å². The lowest BCUT2D eigenvalue weighted by atomic mass is 9.99. The van der Waals surface area contributed by atoms with Gasteiger partial charge in [0.2, 0.25) is 17.7 Å². The van der Waals surface area contributed by atoms with E-state index in [1.54, 1.807) is 56.5 Å². The maximum atomic E-state index is 14.3. The normalized spacial score (nSPS) is 14.1. The van der Waals surface area contributed by atoms with Gasteiger partial charge in [0.05, 0.1) is 29.6 Å². The molecule has 1 aromatic heterocycles. The highest BCUT2D eigenvalue weighted by atomic mass is 28.4. The minimum Gasteiger partial charge on any atom is -0.407 e. The van der Waals surface area contributed by atoms with Crippen LogP contribution in [-0.2, 0) is 25.0 Å².